The Kier molecular flexibility index (Phi) is 5.99. The molecule has 0 saturated heterocycles. The van der Waals surface area contributed by atoms with Gasteiger partial charge in [-0.25, -0.2) is 13.1 Å². The van der Waals surface area contributed by atoms with Crippen LogP contribution in [0.1, 0.15) is 12.5 Å². The normalized spacial score (nSPS) is 11.4. The molecule has 0 aliphatic heterocycles. The monoisotopic (exact) mass is 383 g/mol. The average molecular weight is 384 g/mol. The number of halogens is 1. The van der Waals surface area contributed by atoms with Crippen LogP contribution in [0.15, 0.2) is 57.9 Å². The molecular formula is C16H18BrNO3S. The van der Waals surface area contributed by atoms with E-state index in [9.17, 15) is 8.42 Å². The first-order valence-electron chi connectivity index (χ1n) is 6.98. The van der Waals surface area contributed by atoms with E-state index >= 15 is 0 Å². The van der Waals surface area contributed by atoms with E-state index in [1.54, 1.807) is 24.3 Å². The molecular weight excluding hydrogens is 366 g/mol. The highest BCUT2D eigenvalue weighted by atomic mass is 79.9. The van der Waals surface area contributed by atoms with Crippen LogP contribution in [0, 0.1) is 0 Å². The zero-order valence-electron chi connectivity index (χ0n) is 12.3. The van der Waals surface area contributed by atoms with Crippen molar-refractivity contribution in [1.29, 1.82) is 0 Å². The van der Waals surface area contributed by atoms with Gasteiger partial charge in [0.1, 0.15) is 12.4 Å². The molecule has 0 atom stereocenters. The van der Waals surface area contributed by atoms with Gasteiger partial charge in [-0.1, -0.05) is 35.0 Å². The lowest BCUT2D eigenvalue weighted by Gasteiger charge is -2.09. The molecule has 0 aliphatic carbocycles. The molecule has 2 aromatic carbocycles. The van der Waals surface area contributed by atoms with Crippen LogP contribution in [-0.2, 0) is 16.4 Å². The molecule has 2 rings (SSSR count). The largest absolute Gasteiger partial charge is 0.492 e. The van der Waals surface area contributed by atoms with Gasteiger partial charge in [-0.15, -0.1) is 0 Å². The van der Waals surface area contributed by atoms with E-state index in [-0.39, 0.29) is 18.0 Å². The molecule has 118 valence electrons. The first-order valence-corrected chi connectivity index (χ1v) is 9.26. The lowest BCUT2D eigenvalue weighted by atomic mass is 10.2. The molecule has 0 radical (unpaired) electrons. The number of benzene rings is 2. The molecule has 0 aliphatic rings. The van der Waals surface area contributed by atoms with E-state index in [2.05, 4.69) is 27.6 Å². The highest BCUT2D eigenvalue weighted by molar-refractivity contribution is 9.10. The fourth-order valence-corrected chi connectivity index (χ4v) is 3.14. The molecule has 4 nitrogen and oxygen atoms in total. The van der Waals surface area contributed by atoms with Gasteiger partial charge in [-0.05, 0) is 48.4 Å². The Balaban J connectivity index is 1.83. The van der Waals surface area contributed by atoms with E-state index in [0.717, 1.165) is 16.6 Å². The van der Waals surface area contributed by atoms with Crippen molar-refractivity contribution in [2.75, 3.05) is 13.2 Å². The van der Waals surface area contributed by atoms with Gasteiger partial charge in [-0.2, -0.15) is 0 Å². The number of sulfonamides is 1. The molecule has 0 bridgehead atoms. The summed E-state index contributed by atoms with van der Waals surface area (Å²) in [5.74, 6) is 0.736. The Hall–Kier alpha value is -1.37. The van der Waals surface area contributed by atoms with Crippen molar-refractivity contribution in [1.82, 2.24) is 4.72 Å². The number of nitrogens with one attached hydrogen (secondary N) is 1. The van der Waals surface area contributed by atoms with Crippen LogP contribution in [0.2, 0.25) is 0 Å². The van der Waals surface area contributed by atoms with E-state index in [1.807, 2.05) is 24.3 Å². The molecule has 2 aromatic rings. The molecule has 6 heteroatoms. The van der Waals surface area contributed by atoms with Crippen molar-refractivity contribution >= 4 is 26.0 Å². The number of hydrogen-bond acceptors (Lipinski definition) is 3. The van der Waals surface area contributed by atoms with Gasteiger partial charge >= 0.3 is 0 Å². The van der Waals surface area contributed by atoms with Gasteiger partial charge in [0.25, 0.3) is 0 Å². The highest BCUT2D eigenvalue weighted by Crippen LogP contribution is 2.15. The predicted octanol–water partition coefficient (Wildman–Crippen LogP) is 3.37. The second-order valence-electron chi connectivity index (χ2n) is 4.70. The molecule has 0 saturated carbocycles. The Morgan fingerprint density at radius 2 is 1.68 bits per heavy atom. The number of rotatable bonds is 7. The van der Waals surface area contributed by atoms with Gasteiger partial charge < -0.3 is 4.74 Å². The Morgan fingerprint density at radius 1 is 1.05 bits per heavy atom. The molecule has 22 heavy (non-hydrogen) atoms. The predicted molar refractivity (Wildman–Crippen MR) is 90.6 cm³/mol. The average Bonchev–Trinajstić information content (AvgIpc) is 2.52. The Bertz CT molecular complexity index is 697. The van der Waals surface area contributed by atoms with Crippen LogP contribution in [0.4, 0.5) is 0 Å². The SMILES string of the molecule is CCc1ccc(OCCNS(=O)(=O)c2ccc(Br)cc2)cc1. The summed E-state index contributed by atoms with van der Waals surface area (Å²) in [6.07, 6.45) is 0.979. The fourth-order valence-electron chi connectivity index (χ4n) is 1.86. The van der Waals surface area contributed by atoms with Crippen LogP contribution >= 0.6 is 15.9 Å². The van der Waals surface area contributed by atoms with Crippen molar-refractivity contribution in [2.24, 2.45) is 0 Å². The second-order valence-corrected chi connectivity index (χ2v) is 7.38. The zero-order valence-corrected chi connectivity index (χ0v) is 14.7. The van der Waals surface area contributed by atoms with Crippen molar-refractivity contribution in [3.8, 4) is 5.75 Å². The summed E-state index contributed by atoms with van der Waals surface area (Å²) in [6, 6.07) is 14.3. The molecule has 0 heterocycles. The third kappa shape index (κ3) is 4.83. The smallest absolute Gasteiger partial charge is 0.240 e. The topological polar surface area (TPSA) is 55.4 Å². The van der Waals surface area contributed by atoms with E-state index < -0.39 is 10.0 Å². The van der Waals surface area contributed by atoms with Crippen molar-refractivity contribution < 1.29 is 13.2 Å². The Morgan fingerprint density at radius 3 is 2.27 bits per heavy atom. The molecule has 0 spiro atoms. The molecule has 0 unspecified atom stereocenters. The zero-order chi connectivity index (χ0) is 16.0. The van der Waals surface area contributed by atoms with Gasteiger partial charge in [0.2, 0.25) is 10.0 Å². The minimum atomic E-state index is -3.49. The van der Waals surface area contributed by atoms with E-state index in [1.165, 1.54) is 5.56 Å². The maximum atomic E-state index is 12.1. The van der Waals surface area contributed by atoms with Gasteiger partial charge in [0.05, 0.1) is 4.90 Å². The van der Waals surface area contributed by atoms with Crippen LogP contribution in [0.5, 0.6) is 5.75 Å². The minimum Gasteiger partial charge on any atom is -0.492 e. The summed E-state index contributed by atoms with van der Waals surface area (Å²) in [7, 11) is -3.49. The summed E-state index contributed by atoms with van der Waals surface area (Å²) >= 11 is 3.28. The van der Waals surface area contributed by atoms with Gasteiger partial charge in [0, 0.05) is 11.0 Å². The van der Waals surface area contributed by atoms with Crippen LogP contribution in [0.25, 0.3) is 0 Å². The van der Waals surface area contributed by atoms with Crippen molar-refractivity contribution in [3.63, 3.8) is 0 Å². The Labute approximate surface area is 139 Å². The molecule has 0 fully saturated rings. The van der Waals surface area contributed by atoms with Gasteiger partial charge in [-0.3, -0.25) is 0 Å². The minimum absolute atomic E-state index is 0.216. The number of ether oxygens (including phenoxy) is 1. The first-order chi connectivity index (χ1) is 10.5. The summed E-state index contributed by atoms with van der Waals surface area (Å²) in [5.41, 5.74) is 1.24. The first kappa shape index (κ1) is 17.0. The molecule has 1 N–H and O–H groups in total. The van der Waals surface area contributed by atoms with Crippen LogP contribution < -0.4 is 9.46 Å². The summed E-state index contributed by atoms with van der Waals surface area (Å²) < 4.78 is 33.0. The third-order valence-electron chi connectivity index (χ3n) is 3.12. The maximum absolute atomic E-state index is 12.1. The highest BCUT2D eigenvalue weighted by Gasteiger charge is 2.12. The standard InChI is InChI=1S/C16H18BrNO3S/c1-2-13-3-7-15(8-4-13)21-12-11-18-22(19,20)16-9-5-14(17)6-10-16/h3-10,18H,2,11-12H2,1H3. The number of hydrogen-bond donors (Lipinski definition) is 1. The lowest BCUT2D eigenvalue weighted by Crippen LogP contribution is -2.28. The van der Waals surface area contributed by atoms with E-state index in [4.69, 9.17) is 4.74 Å². The summed E-state index contributed by atoms with van der Waals surface area (Å²) in [5, 5.41) is 0. The van der Waals surface area contributed by atoms with Crippen molar-refractivity contribution in [2.45, 2.75) is 18.2 Å². The van der Waals surface area contributed by atoms with Crippen molar-refractivity contribution in [3.05, 3.63) is 58.6 Å². The summed E-state index contributed by atoms with van der Waals surface area (Å²) in [4.78, 5) is 0.239. The van der Waals surface area contributed by atoms with E-state index in [0.29, 0.717) is 0 Å². The molecule has 0 aromatic heterocycles. The number of aryl methyl sites for hydroxylation is 1. The van der Waals surface area contributed by atoms with Crippen LogP contribution in [0.3, 0.4) is 0 Å². The maximum Gasteiger partial charge on any atom is 0.240 e. The fraction of sp³-hybridized carbons (Fsp3) is 0.250. The lowest BCUT2D eigenvalue weighted by molar-refractivity contribution is 0.323. The summed E-state index contributed by atoms with van der Waals surface area (Å²) in [6.45, 7) is 2.59. The van der Waals surface area contributed by atoms with Gasteiger partial charge in [0.15, 0.2) is 0 Å². The second kappa shape index (κ2) is 7.76. The quantitative estimate of drug-likeness (QED) is 0.745. The third-order valence-corrected chi connectivity index (χ3v) is 5.12. The van der Waals surface area contributed by atoms with Crippen LogP contribution in [-0.4, -0.2) is 21.6 Å². The molecule has 0 amide bonds.